The van der Waals surface area contributed by atoms with Crippen LogP contribution in [0.25, 0.3) is 0 Å². The predicted molar refractivity (Wildman–Crippen MR) is 76.9 cm³/mol. The van der Waals surface area contributed by atoms with E-state index >= 15 is 0 Å². The van der Waals surface area contributed by atoms with E-state index in [1.54, 1.807) is 0 Å². The van der Waals surface area contributed by atoms with Gasteiger partial charge >= 0.3 is 0 Å². The first kappa shape index (κ1) is 14.3. The predicted octanol–water partition coefficient (Wildman–Crippen LogP) is 1.61. The van der Waals surface area contributed by atoms with Crippen molar-refractivity contribution in [1.82, 2.24) is 14.7 Å². The molecule has 1 aromatic rings. The van der Waals surface area contributed by atoms with Crippen LogP contribution < -0.4 is 0 Å². The molecule has 1 aromatic heterocycles. The molecule has 19 heavy (non-hydrogen) atoms. The number of aliphatic hydroxyl groups is 1. The molecule has 0 saturated carbocycles. The third-order valence-electron chi connectivity index (χ3n) is 3.83. The second kappa shape index (κ2) is 6.87. The lowest BCUT2D eigenvalue weighted by molar-refractivity contribution is 0.116. The fourth-order valence-corrected chi connectivity index (χ4v) is 2.86. The zero-order valence-electron chi connectivity index (χ0n) is 11.8. The molecule has 1 fully saturated rings. The summed E-state index contributed by atoms with van der Waals surface area (Å²) < 4.78 is 1.86. The molecule has 0 radical (unpaired) electrons. The summed E-state index contributed by atoms with van der Waals surface area (Å²) in [5.41, 5.74) is 1.32. The van der Waals surface area contributed by atoms with E-state index in [0.717, 1.165) is 38.9 Å². The number of aliphatic hydroxyl groups excluding tert-OH is 1. The Morgan fingerprint density at radius 1 is 1.63 bits per heavy atom. The van der Waals surface area contributed by atoms with Crippen molar-refractivity contribution in [3.63, 3.8) is 0 Å². The molecule has 1 aliphatic heterocycles. The van der Waals surface area contributed by atoms with E-state index in [1.165, 1.54) is 12.0 Å². The maximum Gasteiger partial charge on any atom is 0.0670 e. The molecule has 2 heterocycles. The summed E-state index contributed by atoms with van der Waals surface area (Å²) in [6.07, 6.45) is 9.77. The number of β-amino-alcohol motifs (C(OH)–C–C–N with tert-alkyl or cyclic N) is 1. The summed E-state index contributed by atoms with van der Waals surface area (Å²) in [4.78, 5) is 2.38. The van der Waals surface area contributed by atoms with Gasteiger partial charge in [0.1, 0.15) is 0 Å². The zero-order valence-corrected chi connectivity index (χ0v) is 11.8. The van der Waals surface area contributed by atoms with Crippen molar-refractivity contribution in [3.05, 3.63) is 30.6 Å². The molecule has 2 atom stereocenters. The van der Waals surface area contributed by atoms with Crippen LogP contribution in [0.2, 0.25) is 0 Å². The average molecular weight is 263 g/mol. The Hall–Kier alpha value is -1.13. The van der Waals surface area contributed by atoms with Gasteiger partial charge < -0.3 is 10.0 Å². The minimum Gasteiger partial charge on any atom is -0.392 e. The molecule has 2 rings (SSSR count). The monoisotopic (exact) mass is 263 g/mol. The highest BCUT2D eigenvalue weighted by atomic mass is 16.3. The van der Waals surface area contributed by atoms with Crippen LogP contribution >= 0.6 is 0 Å². The molecule has 0 bridgehead atoms. The summed E-state index contributed by atoms with van der Waals surface area (Å²) in [7, 11) is 1.96. The highest BCUT2D eigenvalue weighted by Crippen LogP contribution is 2.21. The summed E-state index contributed by atoms with van der Waals surface area (Å²) >= 11 is 0. The molecule has 0 aromatic carbocycles. The van der Waals surface area contributed by atoms with E-state index in [9.17, 15) is 5.11 Å². The molecular weight excluding hydrogens is 238 g/mol. The fraction of sp³-hybridized carbons (Fsp3) is 0.667. The van der Waals surface area contributed by atoms with Gasteiger partial charge in [0.25, 0.3) is 0 Å². The van der Waals surface area contributed by atoms with Gasteiger partial charge in [0.15, 0.2) is 0 Å². The fourth-order valence-electron chi connectivity index (χ4n) is 2.86. The smallest absolute Gasteiger partial charge is 0.0670 e. The normalized spacial score (nSPS) is 21.7. The van der Waals surface area contributed by atoms with Crippen molar-refractivity contribution in [2.45, 2.75) is 31.8 Å². The second-order valence-electron chi connectivity index (χ2n) is 5.66. The van der Waals surface area contributed by atoms with Gasteiger partial charge in [-0.3, -0.25) is 4.68 Å². The van der Waals surface area contributed by atoms with Gasteiger partial charge in [-0.25, -0.2) is 0 Å². The number of hydrogen-bond donors (Lipinski definition) is 1. The Bertz CT molecular complexity index is 402. The molecule has 2 unspecified atom stereocenters. The SMILES string of the molecule is C=CCCC(O)CN1CCC(Cc2cnn(C)c2)C1. The maximum atomic E-state index is 9.92. The lowest BCUT2D eigenvalue weighted by atomic mass is 10.0. The summed E-state index contributed by atoms with van der Waals surface area (Å²) in [6, 6.07) is 0. The van der Waals surface area contributed by atoms with Crippen molar-refractivity contribution in [1.29, 1.82) is 0 Å². The van der Waals surface area contributed by atoms with E-state index in [4.69, 9.17) is 0 Å². The third kappa shape index (κ3) is 4.48. The first-order valence-corrected chi connectivity index (χ1v) is 7.16. The number of rotatable bonds is 7. The Balaban J connectivity index is 1.72. The minimum absolute atomic E-state index is 0.213. The summed E-state index contributed by atoms with van der Waals surface area (Å²) in [5, 5.41) is 14.1. The van der Waals surface area contributed by atoms with E-state index in [-0.39, 0.29) is 6.10 Å². The summed E-state index contributed by atoms with van der Waals surface area (Å²) in [5.74, 6) is 0.704. The number of aryl methyl sites for hydroxylation is 1. The highest BCUT2D eigenvalue weighted by Gasteiger charge is 2.24. The van der Waals surface area contributed by atoms with E-state index in [2.05, 4.69) is 22.8 Å². The van der Waals surface area contributed by atoms with Gasteiger partial charge in [0.2, 0.25) is 0 Å². The molecule has 4 nitrogen and oxygen atoms in total. The second-order valence-corrected chi connectivity index (χ2v) is 5.66. The van der Waals surface area contributed by atoms with Gasteiger partial charge in [-0.1, -0.05) is 6.08 Å². The maximum absolute atomic E-state index is 9.92. The molecule has 1 N–H and O–H groups in total. The van der Waals surface area contributed by atoms with Gasteiger partial charge in [-0.2, -0.15) is 5.10 Å². The number of nitrogens with zero attached hydrogens (tertiary/aromatic N) is 3. The van der Waals surface area contributed by atoms with E-state index in [1.807, 2.05) is 24.0 Å². The first-order chi connectivity index (χ1) is 9.17. The molecule has 106 valence electrons. The van der Waals surface area contributed by atoms with Crippen LogP contribution in [0.1, 0.15) is 24.8 Å². The average Bonchev–Trinajstić information content (AvgIpc) is 2.97. The Morgan fingerprint density at radius 2 is 2.47 bits per heavy atom. The van der Waals surface area contributed by atoms with Crippen LogP contribution in [0.3, 0.4) is 0 Å². The van der Waals surface area contributed by atoms with Crippen LogP contribution in [-0.2, 0) is 13.5 Å². The Labute approximate surface area is 115 Å². The van der Waals surface area contributed by atoms with Crippen LogP contribution in [0.15, 0.2) is 25.0 Å². The van der Waals surface area contributed by atoms with Crippen LogP contribution in [0.4, 0.5) is 0 Å². The van der Waals surface area contributed by atoms with Crippen molar-refractivity contribution in [2.75, 3.05) is 19.6 Å². The number of hydrogen-bond acceptors (Lipinski definition) is 3. The van der Waals surface area contributed by atoms with Crippen LogP contribution in [-0.4, -0.2) is 45.5 Å². The third-order valence-corrected chi connectivity index (χ3v) is 3.83. The molecule has 0 amide bonds. The highest BCUT2D eigenvalue weighted by molar-refractivity contribution is 5.05. The lowest BCUT2D eigenvalue weighted by Gasteiger charge is -2.19. The topological polar surface area (TPSA) is 41.3 Å². The van der Waals surface area contributed by atoms with Gasteiger partial charge in [-0.15, -0.1) is 6.58 Å². The van der Waals surface area contributed by atoms with Crippen molar-refractivity contribution >= 4 is 0 Å². The minimum atomic E-state index is -0.213. The van der Waals surface area contributed by atoms with Crippen molar-refractivity contribution < 1.29 is 5.11 Å². The van der Waals surface area contributed by atoms with Crippen molar-refractivity contribution in [3.8, 4) is 0 Å². The molecule has 1 saturated heterocycles. The first-order valence-electron chi connectivity index (χ1n) is 7.16. The van der Waals surface area contributed by atoms with E-state index < -0.39 is 0 Å². The quantitative estimate of drug-likeness (QED) is 0.760. The van der Waals surface area contributed by atoms with Gasteiger partial charge in [-0.05, 0) is 43.7 Å². The molecule has 0 aliphatic carbocycles. The summed E-state index contributed by atoms with van der Waals surface area (Å²) in [6.45, 7) is 6.70. The van der Waals surface area contributed by atoms with Gasteiger partial charge in [0, 0.05) is 26.3 Å². The van der Waals surface area contributed by atoms with E-state index in [0.29, 0.717) is 5.92 Å². The van der Waals surface area contributed by atoms with Crippen molar-refractivity contribution in [2.24, 2.45) is 13.0 Å². The Kier molecular flexibility index (Phi) is 5.16. The largest absolute Gasteiger partial charge is 0.392 e. The number of allylic oxidation sites excluding steroid dienone is 1. The lowest BCUT2D eigenvalue weighted by Crippen LogP contribution is -2.30. The molecule has 4 heteroatoms. The molecule has 1 aliphatic rings. The molecular formula is C15H25N3O. The van der Waals surface area contributed by atoms with Gasteiger partial charge in [0.05, 0.1) is 12.3 Å². The zero-order chi connectivity index (χ0) is 13.7. The number of aromatic nitrogens is 2. The molecule has 0 spiro atoms. The standard InChI is InChI=1S/C15H25N3O/c1-3-4-5-15(19)12-18-7-6-13(11-18)8-14-9-16-17(2)10-14/h3,9-10,13,15,19H,1,4-8,11-12H2,2H3. The van der Waals surface area contributed by atoms with Crippen LogP contribution in [0, 0.1) is 5.92 Å². The number of likely N-dealkylation sites (tertiary alicyclic amines) is 1. The van der Waals surface area contributed by atoms with Crippen LogP contribution in [0.5, 0.6) is 0 Å². The Morgan fingerprint density at radius 3 is 3.16 bits per heavy atom.